The van der Waals surface area contributed by atoms with Gasteiger partial charge < -0.3 is 4.74 Å². The third-order valence-electron chi connectivity index (χ3n) is 5.69. The van der Waals surface area contributed by atoms with Crippen LogP contribution >= 0.6 is 27.7 Å². The number of benzene rings is 2. The number of thioether (sulfide) groups is 1. The van der Waals surface area contributed by atoms with E-state index in [9.17, 15) is 4.79 Å². The van der Waals surface area contributed by atoms with Crippen molar-refractivity contribution in [2.24, 2.45) is 10.9 Å². The molecule has 6 heteroatoms. The fourth-order valence-electron chi connectivity index (χ4n) is 4.07. The van der Waals surface area contributed by atoms with Crippen LogP contribution in [0.5, 0.6) is 5.75 Å². The molecule has 1 aliphatic carbocycles. The van der Waals surface area contributed by atoms with Crippen molar-refractivity contribution >= 4 is 50.5 Å². The number of para-hydroxylation sites is 1. The summed E-state index contributed by atoms with van der Waals surface area (Å²) in [6.07, 6.45) is 6.53. The summed E-state index contributed by atoms with van der Waals surface area (Å²) in [6.45, 7) is 2.25. The number of carbonyl (C=O) groups is 1. The predicted octanol–water partition coefficient (Wildman–Crippen LogP) is 6.64. The molecule has 2 fully saturated rings. The van der Waals surface area contributed by atoms with Gasteiger partial charge in [0.25, 0.3) is 5.91 Å². The Kier molecular flexibility index (Phi) is 6.64. The molecule has 2 aromatic rings. The Morgan fingerprint density at radius 2 is 1.93 bits per heavy atom. The summed E-state index contributed by atoms with van der Waals surface area (Å²) >= 11 is 5.00. The lowest BCUT2D eigenvalue weighted by Crippen LogP contribution is -2.44. The molecule has 2 aliphatic rings. The second kappa shape index (κ2) is 9.40. The molecule has 0 radical (unpaired) electrons. The van der Waals surface area contributed by atoms with E-state index < -0.39 is 0 Å². The highest BCUT2D eigenvalue weighted by molar-refractivity contribution is 9.10. The van der Waals surface area contributed by atoms with Crippen molar-refractivity contribution in [1.29, 1.82) is 0 Å². The van der Waals surface area contributed by atoms with Crippen LogP contribution in [0.1, 0.15) is 38.2 Å². The van der Waals surface area contributed by atoms with Crippen molar-refractivity contribution in [3.63, 3.8) is 0 Å². The van der Waals surface area contributed by atoms with Gasteiger partial charge in [0.05, 0.1) is 22.2 Å². The molecule has 0 spiro atoms. The van der Waals surface area contributed by atoms with E-state index in [4.69, 9.17) is 9.73 Å². The summed E-state index contributed by atoms with van der Waals surface area (Å²) < 4.78 is 6.18. The van der Waals surface area contributed by atoms with Crippen LogP contribution < -0.4 is 4.74 Å². The van der Waals surface area contributed by atoms with Gasteiger partial charge in [-0.15, -0.1) is 0 Å². The lowest BCUT2D eigenvalue weighted by atomic mass is 9.85. The molecule has 30 heavy (non-hydrogen) atoms. The van der Waals surface area contributed by atoms with Crippen molar-refractivity contribution in [1.82, 2.24) is 4.90 Å². The topological polar surface area (TPSA) is 41.9 Å². The first-order chi connectivity index (χ1) is 14.6. The standard InChI is InChI=1S/C24H25BrN2O2S/c1-16-8-6-7-11-20(16)27-23(28)22(15-17-12-13-21(29-2)19(25)14-17)30-24(27)26-18-9-4-3-5-10-18/h3-5,9-10,12-16,20H,6-8,11H2,1-2H3/b22-15-,26-24?/t16-,20-/m1/s1. The van der Waals surface area contributed by atoms with Crippen molar-refractivity contribution in [2.45, 2.75) is 38.6 Å². The Hall–Kier alpha value is -2.05. The fraction of sp³-hybridized carbons (Fsp3) is 0.333. The fourth-order valence-corrected chi connectivity index (χ4v) is 5.68. The van der Waals surface area contributed by atoms with E-state index in [2.05, 4.69) is 22.9 Å². The zero-order chi connectivity index (χ0) is 21.1. The number of aliphatic imine (C=N–C) groups is 1. The van der Waals surface area contributed by atoms with Crippen molar-refractivity contribution in [3.05, 3.63) is 63.5 Å². The Labute approximate surface area is 190 Å². The molecule has 2 aromatic carbocycles. The van der Waals surface area contributed by atoms with Crippen LogP contribution in [0.15, 0.2) is 62.9 Å². The molecule has 0 bridgehead atoms. The lowest BCUT2D eigenvalue weighted by Gasteiger charge is -2.35. The third kappa shape index (κ3) is 4.49. The molecular formula is C24H25BrN2O2S. The minimum atomic E-state index is 0.0559. The van der Waals surface area contributed by atoms with Crippen LogP contribution in [0.25, 0.3) is 6.08 Å². The summed E-state index contributed by atoms with van der Waals surface area (Å²) in [5.74, 6) is 1.30. The summed E-state index contributed by atoms with van der Waals surface area (Å²) in [6, 6.07) is 15.9. The van der Waals surface area contributed by atoms with Gasteiger partial charge in [-0.1, -0.05) is 44.0 Å². The van der Waals surface area contributed by atoms with Crippen LogP contribution in [0.2, 0.25) is 0 Å². The average Bonchev–Trinajstić information content (AvgIpc) is 3.04. The maximum absolute atomic E-state index is 13.5. The van der Waals surface area contributed by atoms with Gasteiger partial charge in [-0.3, -0.25) is 9.69 Å². The number of ether oxygens (including phenoxy) is 1. The van der Waals surface area contributed by atoms with Gasteiger partial charge in [-0.2, -0.15) is 0 Å². The molecule has 0 aromatic heterocycles. The van der Waals surface area contributed by atoms with Gasteiger partial charge in [0, 0.05) is 6.04 Å². The molecule has 1 amide bonds. The van der Waals surface area contributed by atoms with Crippen LogP contribution in [-0.2, 0) is 4.79 Å². The summed E-state index contributed by atoms with van der Waals surface area (Å²) in [5.41, 5.74) is 1.82. The second-order valence-corrected chi connectivity index (χ2v) is 9.60. The van der Waals surface area contributed by atoms with Crippen molar-refractivity contribution in [2.75, 3.05) is 7.11 Å². The highest BCUT2D eigenvalue weighted by Gasteiger charge is 2.41. The smallest absolute Gasteiger partial charge is 0.267 e. The predicted molar refractivity (Wildman–Crippen MR) is 128 cm³/mol. The molecule has 2 atom stereocenters. The van der Waals surface area contributed by atoms with Gasteiger partial charge in [0.1, 0.15) is 5.75 Å². The Balaban J connectivity index is 1.71. The van der Waals surface area contributed by atoms with E-state index in [-0.39, 0.29) is 11.9 Å². The molecule has 156 valence electrons. The lowest BCUT2D eigenvalue weighted by molar-refractivity contribution is -0.124. The number of hydrogen-bond donors (Lipinski definition) is 0. The molecule has 0 unspecified atom stereocenters. The third-order valence-corrected chi connectivity index (χ3v) is 7.29. The molecule has 1 aliphatic heterocycles. The van der Waals surface area contributed by atoms with Gasteiger partial charge in [0.2, 0.25) is 0 Å². The molecule has 4 rings (SSSR count). The first-order valence-electron chi connectivity index (χ1n) is 10.3. The van der Waals surface area contributed by atoms with Crippen LogP contribution in [0.3, 0.4) is 0 Å². The Morgan fingerprint density at radius 3 is 2.63 bits per heavy atom. The molecule has 0 N–H and O–H groups in total. The monoisotopic (exact) mass is 484 g/mol. The molecular weight excluding hydrogens is 460 g/mol. The maximum atomic E-state index is 13.5. The number of rotatable bonds is 4. The van der Waals surface area contributed by atoms with E-state index in [1.165, 1.54) is 18.2 Å². The van der Waals surface area contributed by atoms with Gasteiger partial charge >= 0.3 is 0 Å². The minimum Gasteiger partial charge on any atom is -0.496 e. The number of amides is 1. The Morgan fingerprint density at radius 1 is 1.17 bits per heavy atom. The number of nitrogens with zero attached hydrogens (tertiary/aromatic N) is 2. The molecule has 1 saturated heterocycles. The van der Waals surface area contributed by atoms with Crippen molar-refractivity contribution < 1.29 is 9.53 Å². The maximum Gasteiger partial charge on any atom is 0.267 e. The van der Waals surface area contributed by atoms with E-state index >= 15 is 0 Å². The SMILES string of the molecule is COc1ccc(/C=C2\SC(=Nc3ccccc3)N([C@@H]3CCCC[C@H]3C)C2=O)cc1Br. The molecule has 1 saturated carbocycles. The first-order valence-corrected chi connectivity index (χ1v) is 11.9. The zero-order valence-electron chi connectivity index (χ0n) is 17.2. The normalized spacial score (nSPS) is 24.6. The van der Waals surface area contributed by atoms with Crippen LogP contribution in [-0.4, -0.2) is 29.1 Å². The highest BCUT2D eigenvalue weighted by Crippen LogP contribution is 2.40. The number of hydrogen-bond acceptors (Lipinski definition) is 4. The van der Waals surface area contributed by atoms with E-state index in [1.54, 1.807) is 7.11 Å². The van der Waals surface area contributed by atoms with E-state index in [0.29, 0.717) is 10.8 Å². The highest BCUT2D eigenvalue weighted by atomic mass is 79.9. The summed E-state index contributed by atoms with van der Waals surface area (Å²) in [7, 11) is 1.64. The van der Waals surface area contributed by atoms with Crippen LogP contribution in [0.4, 0.5) is 5.69 Å². The Bertz CT molecular complexity index is 990. The quantitative estimate of drug-likeness (QED) is 0.456. The number of carbonyl (C=O) groups excluding carboxylic acids is 1. The van der Waals surface area contributed by atoms with Gasteiger partial charge in [0.15, 0.2) is 5.17 Å². The van der Waals surface area contributed by atoms with Crippen LogP contribution in [0, 0.1) is 5.92 Å². The van der Waals surface area contributed by atoms with Crippen molar-refractivity contribution in [3.8, 4) is 5.75 Å². The second-order valence-electron chi connectivity index (χ2n) is 7.74. The zero-order valence-corrected chi connectivity index (χ0v) is 19.6. The minimum absolute atomic E-state index is 0.0559. The summed E-state index contributed by atoms with van der Waals surface area (Å²) in [4.78, 5) is 21.0. The van der Waals surface area contributed by atoms with Gasteiger partial charge in [-0.25, -0.2) is 4.99 Å². The van der Waals surface area contributed by atoms with E-state index in [1.807, 2.05) is 59.5 Å². The average molecular weight is 485 g/mol. The molecule has 4 nitrogen and oxygen atoms in total. The number of halogens is 1. The summed E-state index contributed by atoms with van der Waals surface area (Å²) in [5, 5.41) is 0.781. The molecule has 1 heterocycles. The van der Waals surface area contributed by atoms with Gasteiger partial charge in [-0.05, 0) is 82.4 Å². The largest absolute Gasteiger partial charge is 0.496 e. The van der Waals surface area contributed by atoms with E-state index in [0.717, 1.165) is 45.9 Å². The number of amidine groups is 1. The number of methoxy groups -OCH3 is 1. The first kappa shape index (κ1) is 21.2.